The SMILES string of the molecule is CCCCCNC(=O)C1CCN(Cc2csc(-c3cccs3)n2)CC1. The molecule has 0 radical (unpaired) electrons. The molecule has 1 fully saturated rings. The summed E-state index contributed by atoms with van der Waals surface area (Å²) in [6.07, 6.45) is 5.40. The van der Waals surface area contributed by atoms with Gasteiger partial charge in [-0.3, -0.25) is 9.69 Å². The molecule has 1 amide bonds. The lowest BCUT2D eigenvalue weighted by molar-refractivity contribution is -0.126. The second-order valence-electron chi connectivity index (χ2n) is 6.67. The Morgan fingerprint density at radius 3 is 2.88 bits per heavy atom. The first-order valence-electron chi connectivity index (χ1n) is 9.24. The van der Waals surface area contributed by atoms with Crippen molar-refractivity contribution in [1.82, 2.24) is 15.2 Å². The number of thiophene rings is 1. The van der Waals surface area contributed by atoms with Gasteiger partial charge in [0, 0.05) is 24.4 Å². The van der Waals surface area contributed by atoms with E-state index in [1.807, 2.05) is 0 Å². The van der Waals surface area contributed by atoms with Gasteiger partial charge < -0.3 is 5.32 Å². The number of hydrogen-bond acceptors (Lipinski definition) is 5. The topological polar surface area (TPSA) is 45.2 Å². The predicted molar refractivity (Wildman–Crippen MR) is 106 cm³/mol. The highest BCUT2D eigenvalue weighted by Gasteiger charge is 2.25. The summed E-state index contributed by atoms with van der Waals surface area (Å²) in [6, 6.07) is 4.19. The van der Waals surface area contributed by atoms with E-state index >= 15 is 0 Å². The molecule has 2 aromatic heterocycles. The van der Waals surface area contributed by atoms with Crippen molar-refractivity contribution in [2.24, 2.45) is 5.92 Å². The molecule has 1 aliphatic rings. The van der Waals surface area contributed by atoms with Crippen LogP contribution in [0.15, 0.2) is 22.9 Å². The first-order valence-corrected chi connectivity index (χ1v) is 11.0. The second-order valence-corrected chi connectivity index (χ2v) is 8.48. The number of nitrogens with zero attached hydrogens (tertiary/aromatic N) is 2. The summed E-state index contributed by atoms with van der Waals surface area (Å²) in [5.41, 5.74) is 1.15. The fourth-order valence-electron chi connectivity index (χ4n) is 3.21. The van der Waals surface area contributed by atoms with Crippen LogP contribution in [-0.2, 0) is 11.3 Å². The Balaban J connectivity index is 1.41. The van der Waals surface area contributed by atoms with Crippen LogP contribution >= 0.6 is 22.7 Å². The molecule has 1 aliphatic heterocycles. The van der Waals surface area contributed by atoms with Crippen molar-refractivity contribution in [3.05, 3.63) is 28.6 Å². The third-order valence-electron chi connectivity index (χ3n) is 4.71. The number of rotatable bonds is 8. The van der Waals surface area contributed by atoms with Gasteiger partial charge in [0.05, 0.1) is 10.6 Å². The molecule has 0 unspecified atom stereocenters. The highest BCUT2D eigenvalue weighted by Crippen LogP contribution is 2.28. The molecule has 0 aromatic carbocycles. The lowest BCUT2D eigenvalue weighted by atomic mass is 9.96. The zero-order valence-corrected chi connectivity index (χ0v) is 16.5. The van der Waals surface area contributed by atoms with E-state index in [-0.39, 0.29) is 11.8 Å². The number of carbonyl (C=O) groups is 1. The highest BCUT2D eigenvalue weighted by atomic mass is 32.1. The fraction of sp³-hybridized carbons (Fsp3) is 0.579. The maximum absolute atomic E-state index is 12.2. The third kappa shape index (κ3) is 5.36. The normalized spacial score (nSPS) is 16.2. The van der Waals surface area contributed by atoms with E-state index in [9.17, 15) is 4.79 Å². The number of piperidine rings is 1. The Hall–Kier alpha value is -1.24. The molecule has 3 rings (SSSR count). The molecule has 1 saturated heterocycles. The van der Waals surface area contributed by atoms with Gasteiger partial charge in [0.25, 0.3) is 0 Å². The van der Waals surface area contributed by atoms with Gasteiger partial charge in [-0.1, -0.05) is 25.8 Å². The van der Waals surface area contributed by atoms with Crippen LogP contribution in [0.25, 0.3) is 9.88 Å². The zero-order valence-electron chi connectivity index (χ0n) is 14.9. The van der Waals surface area contributed by atoms with Crippen LogP contribution in [0.3, 0.4) is 0 Å². The Bertz CT molecular complexity index is 645. The molecule has 0 atom stereocenters. The largest absolute Gasteiger partial charge is 0.356 e. The molecular weight excluding hydrogens is 350 g/mol. The summed E-state index contributed by atoms with van der Waals surface area (Å²) in [6.45, 7) is 5.88. The van der Waals surface area contributed by atoms with Gasteiger partial charge in [-0.2, -0.15) is 0 Å². The minimum atomic E-state index is 0.190. The number of carbonyl (C=O) groups excluding carboxylic acids is 1. The van der Waals surface area contributed by atoms with Crippen LogP contribution in [0, 0.1) is 5.92 Å². The van der Waals surface area contributed by atoms with Crippen LogP contribution in [0.4, 0.5) is 0 Å². The summed E-state index contributed by atoms with van der Waals surface area (Å²) < 4.78 is 0. The first-order chi connectivity index (χ1) is 12.3. The number of thiazole rings is 1. The Morgan fingerprint density at radius 1 is 1.32 bits per heavy atom. The second kappa shape index (κ2) is 9.46. The van der Waals surface area contributed by atoms with Crippen molar-refractivity contribution in [1.29, 1.82) is 0 Å². The Labute approximate surface area is 158 Å². The number of amides is 1. The fourth-order valence-corrected chi connectivity index (χ4v) is 4.83. The van der Waals surface area contributed by atoms with Gasteiger partial charge >= 0.3 is 0 Å². The summed E-state index contributed by atoms with van der Waals surface area (Å²) in [5, 5.41) is 8.48. The van der Waals surface area contributed by atoms with Gasteiger partial charge in [0.2, 0.25) is 5.91 Å². The molecule has 136 valence electrons. The average Bonchev–Trinajstić information content (AvgIpc) is 3.30. The van der Waals surface area contributed by atoms with E-state index in [4.69, 9.17) is 4.98 Å². The number of unbranched alkanes of at least 4 members (excludes halogenated alkanes) is 2. The van der Waals surface area contributed by atoms with Gasteiger partial charge in [-0.05, 0) is 43.8 Å². The lowest BCUT2D eigenvalue weighted by Gasteiger charge is -2.30. The smallest absolute Gasteiger partial charge is 0.223 e. The van der Waals surface area contributed by atoms with Gasteiger partial charge in [0.15, 0.2) is 0 Å². The third-order valence-corrected chi connectivity index (χ3v) is 6.64. The van der Waals surface area contributed by atoms with Crippen molar-refractivity contribution < 1.29 is 4.79 Å². The van der Waals surface area contributed by atoms with Gasteiger partial charge in [-0.15, -0.1) is 22.7 Å². The molecule has 0 aliphatic carbocycles. The lowest BCUT2D eigenvalue weighted by Crippen LogP contribution is -2.40. The van der Waals surface area contributed by atoms with Gasteiger partial charge in [-0.25, -0.2) is 4.98 Å². The number of aromatic nitrogens is 1. The summed E-state index contributed by atoms with van der Waals surface area (Å²) in [5.74, 6) is 0.444. The minimum absolute atomic E-state index is 0.190. The van der Waals surface area contributed by atoms with Crippen LogP contribution in [0.5, 0.6) is 0 Å². The maximum atomic E-state index is 12.2. The van der Waals surface area contributed by atoms with E-state index in [0.29, 0.717) is 0 Å². The van der Waals surface area contributed by atoms with E-state index < -0.39 is 0 Å². The molecule has 6 heteroatoms. The molecule has 3 heterocycles. The summed E-state index contributed by atoms with van der Waals surface area (Å²) >= 11 is 3.46. The van der Waals surface area contributed by atoms with Gasteiger partial charge in [0.1, 0.15) is 5.01 Å². The molecule has 4 nitrogen and oxygen atoms in total. The van der Waals surface area contributed by atoms with Crippen molar-refractivity contribution in [2.45, 2.75) is 45.6 Å². The molecule has 25 heavy (non-hydrogen) atoms. The number of nitrogens with one attached hydrogen (secondary N) is 1. The van der Waals surface area contributed by atoms with Crippen LogP contribution in [0.1, 0.15) is 44.7 Å². The van der Waals surface area contributed by atoms with Crippen LogP contribution in [0.2, 0.25) is 0 Å². The number of hydrogen-bond donors (Lipinski definition) is 1. The molecule has 2 aromatic rings. The quantitative estimate of drug-likeness (QED) is 0.694. The number of likely N-dealkylation sites (tertiary alicyclic amines) is 1. The van der Waals surface area contributed by atoms with E-state index in [2.05, 4.69) is 40.0 Å². The van der Waals surface area contributed by atoms with Crippen molar-refractivity contribution in [3.63, 3.8) is 0 Å². The monoisotopic (exact) mass is 377 g/mol. The van der Waals surface area contributed by atoms with E-state index in [1.165, 1.54) is 17.7 Å². The molecule has 0 saturated carbocycles. The molecular formula is C19H27N3OS2. The molecule has 0 bridgehead atoms. The van der Waals surface area contributed by atoms with Crippen molar-refractivity contribution in [2.75, 3.05) is 19.6 Å². The van der Waals surface area contributed by atoms with Crippen LogP contribution < -0.4 is 5.32 Å². The zero-order chi connectivity index (χ0) is 17.5. The summed E-state index contributed by atoms with van der Waals surface area (Å²) in [4.78, 5) is 20.7. The maximum Gasteiger partial charge on any atom is 0.223 e. The summed E-state index contributed by atoms with van der Waals surface area (Å²) in [7, 11) is 0. The van der Waals surface area contributed by atoms with Crippen molar-refractivity contribution >= 4 is 28.6 Å². The van der Waals surface area contributed by atoms with E-state index in [0.717, 1.165) is 56.1 Å². The van der Waals surface area contributed by atoms with Crippen molar-refractivity contribution in [3.8, 4) is 9.88 Å². The average molecular weight is 378 g/mol. The van der Waals surface area contributed by atoms with E-state index in [1.54, 1.807) is 22.7 Å². The highest BCUT2D eigenvalue weighted by molar-refractivity contribution is 7.20. The minimum Gasteiger partial charge on any atom is -0.356 e. The molecule has 0 spiro atoms. The standard InChI is InChI=1S/C19H27N3OS2/c1-2-3-4-9-20-18(23)15-7-10-22(11-8-15)13-16-14-25-19(21-16)17-6-5-12-24-17/h5-6,12,14-15H,2-4,7-11,13H2,1H3,(H,20,23). The Morgan fingerprint density at radius 2 is 2.16 bits per heavy atom. The van der Waals surface area contributed by atoms with Crippen LogP contribution in [-0.4, -0.2) is 35.4 Å². The molecule has 1 N–H and O–H groups in total. The Kier molecular flexibility index (Phi) is 7.02. The predicted octanol–water partition coefficient (Wildman–Crippen LogP) is 4.39. The first kappa shape index (κ1) is 18.5.